The van der Waals surface area contributed by atoms with Crippen LogP contribution in [0.3, 0.4) is 0 Å². The number of nitrogens with two attached hydrogens (primary N) is 1. The quantitative estimate of drug-likeness (QED) is 0.796. The molecule has 2 heteroatoms. The second kappa shape index (κ2) is 4.01. The molecule has 0 aromatic heterocycles. The van der Waals surface area contributed by atoms with Gasteiger partial charge in [0.2, 0.25) is 0 Å². The highest BCUT2D eigenvalue weighted by molar-refractivity contribution is 5.37. The Morgan fingerprint density at radius 2 is 2.21 bits per heavy atom. The maximum Gasteiger partial charge on any atom is 0.124 e. The molecule has 0 unspecified atom stereocenters. The zero-order valence-corrected chi connectivity index (χ0v) is 8.62. The SMILES string of the molecule is Cc1ccc(CN)c(OC2CCC2)c1. The van der Waals surface area contributed by atoms with Crippen molar-refractivity contribution in [3.8, 4) is 5.75 Å². The van der Waals surface area contributed by atoms with E-state index in [9.17, 15) is 0 Å². The van der Waals surface area contributed by atoms with Gasteiger partial charge in [0, 0.05) is 12.1 Å². The topological polar surface area (TPSA) is 35.2 Å². The van der Waals surface area contributed by atoms with Crippen molar-refractivity contribution < 1.29 is 4.74 Å². The van der Waals surface area contributed by atoms with Gasteiger partial charge in [-0.1, -0.05) is 12.1 Å². The molecule has 1 aromatic rings. The molecule has 2 nitrogen and oxygen atoms in total. The molecule has 0 bridgehead atoms. The van der Waals surface area contributed by atoms with Gasteiger partial charge in [0.1, 0.15) is 5.75 Å². The van der Waals surface area contributed by atoms with E-state index >= 15 is 0 Å². The van der Waals surface area contributed by atoms with E-state index in [1.165, 1.54) is 24.8 Å². The minimum Gasteiger partial charge on any atom is -0.490 e. The Hall–Kier alpha value is -1.02. The van der Waals surface area contributed by atoms with E-state index < -0.39 is 0 Å². The Kier molecular flexibility index (Phi) is 2.73. The minimum absolute atomic E-state index is 0.432. The zero-order chi connectivity index (χ0) is 9.97. The predicted molar refractivity (Wildman–Crippen MR) is 57.3 cm³/mol. The lowest BCUT2D eigenvalue weighted by atomic mass is 9.96. The van der Waals surface area contributed by atoms with E-state index in [4.69, 9.17) is 10.5 Å². The molecule has 0 amide bonds. The molecule has 0 saturated heterocycles. The molecular weight excluding hydrogens is 174 g/mol. The molecule has 1 fully saturated rings. The van der Waals surface area contributed by atoms with Gasteiger partial charge in [0.25, 0.3) is 0 Å². The van der Waals surface area contributed by atoms with Gasteiger partial charge in [-0.25, -0.2) is 0 Å². The molecule has 1 saturated carbocycles. The van der Waals surface area contributed by atoms with E-state index in [1.807, 2.05) is 0 Å². The highest BCUT2D eigenvalue weighted by Crippen LogP contribution is 2.28. The summed E-state index contributed by atoms with van der Waals surface area (Å²) in [6, 6.07) is 6.22. The molecule has 0 aliphatic heterocycles. The Balaban J connectivity index is 2.15. The summed E-state index contributed by atoms with van der Waals surface area (Å²) in [5, 5.41) is 0. The van der Waals surface area contributed by atoms with Gasteiger partial charge in [-0.05, 0) is 37.8 Å². The summed E-state index contributed by atoms with van der Waals surface area (Å²) in [7, 11) is 0. The normalized spacial score (nSPS) is 16.4. The maximum absolute atomic E-state index is 5.87. The molecular formula is C12H17NO. The molecule has 1 aliphatic carbocycles. The van der Waals surface area contributed by atoms with Crippen LogP contribution < -0.4 is 10.5 Å². The average Bonchev–Trinajstić information content (AvgIpc) is 2.12. The summed E-state index contributed by atoms with van der Waals surface area (Å²) in [4.78, 5) is 0. The standard InChI is InChI=1S/C12H17NO/c1-9-5-6-10(8-13)12(7-9)14-11-3-2-4-11/h5-7,11H,2-4,8,13H2,1H3. The first-order chi connectivity index (χ1) is 6.79. The first-order valence-corrected chi connectivity index (χ1v) is 5.26. The van der Waals surface area contributed by atoms with Crippen LogP contribution in [0.1, 0.15) is 30.4 Å². The molecule has 0 heterocycles. The molecule has 2 rings (SSSR count). The average molecular weight is 191 g/mol. The second-order valence-corrected chi connectivity index (χ2v) is 3.99. The van der Waals surface area contributed by atoms with Crippen molar-refractivity contribution in [2.24, 2.45) is 5.73 Å². The van der Waals surface area contributed by atoms with Crippen molar-refractivity contribution in [2.75, 3.05) is 0 Å². The summed E-state index contributed by atoms with van der Waals surface area (Å²) in [6.45, 7) is 2.64. The van der Waals surface area contributed by atoms with E-state index in [2.05, 4.69) is 25.1 Å². The van der Waals surface area contributed by atoms with E-state index in [0.717, 1.165) is 11.3 Å². The monoisotopic (exact) mass is 191 g/mol. The maximum atomic E-state index is 5.87. The van der Waals surface area contributed by atoms with Crippen molar-refractivity contribution in [1.82, 2.24) is 0 Å². The molecule has 2 N–H and O–H groups in total. The number of hydrogen-bond donors (Lipinski definition) is 1. The third kappa shape index (κ3) is 1.90. The van der Waals surface area contributed by atoms with Gasteiger partial charge in [0.05, 0.1) is 6.10 Å². The molecule has 0 radical (unpaired) electrons. The molecule has 1 aliphatic rings. The summed E-state index contributed by atoms with van der Waals surface area (Å²) in [5.74, 6) is 0.984. The number of benzene rings is 1. The van der Waals surface area contributed by atoms with Crippen LogP contribution in [0.15, 0.2) is 18.2 Å². The highest BCUT2D eigenvalue weighted by atomic mass is 16.5. The van der Waals surface area contributed by atoms with E-state index in [0.29, 0.717) is 12.6 Å². The number of hydrogen-bond acceptors (Lipinski definition) is 2. The largest absolute Gasteiger partial charge is 0.490 e. The summed E-state index contributed by atoms with van der Waals surface area (Å²) in [5.41, 5.74) is 8.00. The molecule has 76 valence electrons. The molecule has 0 spiro atoms. The first-order valence-electron chi connectivity index (χ1n) is 5.26. The van der Waals surface area contributed by atoms with E-state index in [-0.39, 0.29) is 0 Å². The predicted octanol–water partition coefficient (Wildman–Crippen LogP) is 2.39. The Labute approximate surface area is 85.1 Å². The van der Waals surface area contributed by atoms with Gasteiger partial charge in [-0.3, -0.25) is 0 Å². The third-order valence-electron chi connectivity index (χ3n) is 2.79. The minimum atomic E-state index is 0.432. The van der Waals surface area contributed by atoms with E-state index in [1.54, 1.807) is 0 Å². The van der Waals surface area contributed by atoms with Gasteiger partial charge >= 0.3 is 0 Å². The summed E-state index contributed by atoms with van der Waals surface area (Å²) >= 11 is 0. The lowest BCUT2D eigenvalue weighted by Crippen LogP contribution is -2.25. The van der Waals surface area contributed by atoms with Crippen LogP contribution in [-0.2, 0) is 6.54 Å². The Bertz CT molecular complexity index is 318. The lowest BCUT2D eigenvalue weighted by Gasteiger charge is -2.27. The summed E-state index contributed by atoms with van der Waals surface area (Å²) in [6.07, 6.45) is 4.12. The van der Waals surface area contributed by atoms with Gasteiger partial charge < -0.3 is 10.5 Å². The first kappa shape index (κ1) is 9.53. The number of rotatable bonds is 3. The van der Waals surface area contributed by atoms with Gasteiger partial charge in [-0.15, -0.1) is 0 Å². The van der Waals surface area contributed by atoms with Crippen molar-refractivity contribution in [2.45, 2.75) is 38.8 Å². The Morgan fingerprint density at radius 1 is 1.43 bits per heavy atom. The second-order valence-electron chi connectivity index (χ2n) is 3.99. The fourth-order valence-corrected chi connectivity index (χ4v) is 1.61. The van der Waals surface area contributed by atoms with Crippen LogP contribution in [0, 0.1) is 6.92 Å². The van der Waals surface area contributed by atoms with Crippen LogP contribution in [0.2, 0.25) is 0 Å². The zero-order valence-electron chi connectivity index (χ0n) is 8.62. The van der Waals surface area contributed by atoms with Gasteiger partial charge in [0.15, 0.2) is 0 Å². The molecule has 14 heavy (non-hydrogen) atoms. The fourth-order valence-electron chi connectivity index (χ4n) is 1.61. The van der Waals surface area contributed by atoms with Crippen molar-refractivity contribution in [3.63, 3.8) is 0 Å². The highest BCUT2D eigenvalue weighted by Gasteiger charge is 2.19. The van der Waals surface area contributed by atoms with Gasteiger partial charge in [-0.2, -0.15) is 0 Å². The van der Waals surface area contributed by atoms with Crippen LogP contribution in [0.4, 0.5) is 0 Å². The fraction of sp³-hybridized carbons (Fsp3) is 0.500. The van der Waals surface area contributed by atoms with Crippen LogP contribution >= 0.6 is 0 Å². The van der Waals surface area contributed by atoms with Crippen LogP contribution in [0.25, 0.3) is 0 Å². The smallest absolute Gasteiger partial charge is 0.124 e. The third-order valence-corrected chi connectivity index (χ3v) is 2.79. The molecule has 0 atom stereocenters. The van der Waals surface area contributed by atoms with Crippen molar-refractivity contribution >= 4 is 0 Å². The number of aryl methyl sites for hydroxylation is 1. The van der Waals surface area contributed by atoms with Crippen LogP contribution in [-0.4, -0.2) is 6.10 Å². The lowest BCUT2D eigenvalue weighted by molar-refractivity contribution is 0.119. The van der Waals surface area contributed by atoms with Crippen molar-refractivity contribution in [1.29, 1.82) is 0 Å². The van der Waals surface area contributed by atoms with Crippen molar-refractivity contribution in [3.05, 3.63) is 29.3 Å². The van der Waals surface area contributed by atoms with Crippen LogP contribution in [0.5, 0.6) is 5.75 Å². The molecule has 1 aromatic carbocycles. The number of ether oxygens (including phenoxy) is 1. The summed E-state index contributed by atoms with van der Waals surface area (Å²) < 4.78 is 5.87. The Morgan fingerprint density at radius 3 is 2.79 bits per heavy atom.